The van der Waals surface area contributed by atoms with Crippen LogP contribution in [0.25, 0.3) is 0 Å². The molecule has 2 bridgehead atoms. The molecule has 1 saturated carbocycles. The molecule has 0 spiro atoms. The van der Waals surface area contributed by atoms with Crippen molar-refractivity contribution in [2.45, 2.75) is 64.0 Å². The van der Waals surface area contributed by atoms with Crippen molar-refractivity contribution in [3.05, 3.63) is 65.0 Å². The van der Waals surface area contributed by atoms with Crippen molar-refractivity contribution >= 4 is 5.97 Å². The molecule has 0 aromatic heterocycles. The van der Waals surface area contributed by atoms with Gasteiger partial charge in [-0.2, -0.15) is 0 Å². The lowest BCUT2D eigenvalue weighted by Crippen LogP contribution is -2.46. The topological polar surface area (TPSA) is 50.8 Å². The minimum absolute atomic E-state index is 0.111. The number of hydrogen-bond donors (Lipinski definition) is 1. The number of aryl methyl sites for hydroxylation is 1. The van der Waals surface area contributed by atoms with Crippen molar-refractivity contribution in [3.8, 4) is 5.75 Å². The summed E-state index contributed by atoms with van der Waals surface area (Å²) in [6.07, 6.45) is 4.40. The van der Waals surface area contributed by atoms with Crippen LogP contribution in [0.3, 0.4) is 0 Å². The van der Waals surface area contributed by atoms with Gasteiger partial charge < -0.3 is 9.47 Å². The van der Waals surface area contributed by atoms with E-state index in [1.165, 1.54) is 11.6 Å². The van der Waals surface area contributed by atoms with Crippen molar-refractivity contribution < 1.29 is 18.7 Å². The lowest BCUT2D eigenvalue weighted by atomic mass is 9.95. The van der Waals surface area contributed by atoms with E-state index in [9.17, 15) is 9.18 Å². The summed E-state index contributed by atoms with van der Waals surface area (Å²) >= 11 is 0. The van der Waals surface area contributed by atoms with Gasteiger partial charge in [0.1, 0.15) is 0 Å². The van der Waals surface area contributed by atoms with Gasteiger partial charge in [0.2, 0.25) is 0 Å². The molecule has 31 heavy (non-hydrogen) atoms. The number of rotatable bonds is 7. The maximum Gasteiger partial charge on any atom is 0.306 e. The summed E-state index contributed by atoms with van der Waals surface area (Å²) < 4.78 is 24.5. The Bertz CT molecular complexity index is 902. The number of fused-ring (bicyclic) bond motifs is 2. The molecule has 2 aromatic rings. The molecular formula is C25H31FN2O3. The summed E-state index contributed by atoms with van der Waals surface area (Å²) in [5.74, 6) is 0.376. The number of halogens is 1. The van der Waals surface area contributed by atoms with Crippen molar-refractivity contribution in [1.82, 2.24) is 10.4 Å². The summed E-state index contributed by atoms with van der Waals surface area (Å²) in [6, 6.07) is 14.2. The highest BCUT2D eigenvalue weighted by Gasteiger charge is 2.30. The summed E-state index contributed by atoms with van der Waals surface area (Å²) in [5, 5.41) is 2.08. The average molecular weight is 427 g/mol. The SMILES string of the molecule is CCOC(=O)CCc1ccc(C2CCC(NN3COc4cc(ccc4F)C3C)C2)cc1. The molecule has 0 amide bonds. The van der Waals surface area contributed by atoms with Crippen LogP contribution < -0.4 is 10.2 Å². The first-order chi connectivity index (χ1) is 15.0. The van der Waals surface area contributed by atoms with Crippen LogP contribution >= 0.6 is 0 Å². The van der Waals surface area contributed by atoms with Gasteiger partial charge in [-0.05, 0) is 74.3 Å². The van der Waals surface area contributed by atoms with Crippen LogP contribution in [0.1, 0.15) is 68.2 Å². The molecule has 1 aliphatic carbocycles. The van der Waals surface area contributed by atoms with Gasteiger partial charge in [-0.1, -0.05) is 30.3 Å². The monoisotopic (exact) mass is 426 g/mol. The average Bonchev–Trinajstić information content (AvgIpc) is 3.20. The van der Waals surface area contributed by atoms with Gasteiger partial charge in [0.05, 0.1) is 12.6 Å². The van der Waals surface area contributed by atoms with Crippen LogP contribution in [0, 0.1) is 5.82 Å². The van der Waals surface area contributed by atoms with E-state index in [-0.39, 0.29) is 17.8 Å². The number of nitrogens with one attached hydrogen (secondary N) is 1. The van der Waals surface area contributed by atoms with Gasteiger partial charge in [0.15, 0.2) is 18.3 Å². The minimum Gasteiger partial charge on any atom is -0.474 e. The first kappa shape index (κ1) is 21.8. The summed E-state index contributed by atoms with van der Waals surface area (Å²) in [7, 11) is 0. The second kappa shape index (κ2) is 9.79. The molecule has 2 aliphatic rings. The summed E-state index contributed by atoms with van der Waals surface area (Å²) in [5.41, 5.74) is 7.18. The van der Waals surface area contributed by atoms with Crippen LogP contribution in [-0.4, -0.2) is 30.4 Å². The van der Waals surface area contributed by atoms with Crippen LogP contribution in [-0.2, 0) is 16.0 Å². The molecule has 1 N–H and O–H groups in total. The molecule has 0 radical (unpaired) electrons. The first-order valence-corrected chi connectivity index (χ1v) is 11.2. The van der Waals surface area contributed by atoms with E-state index in [0.29, 0.717) is 43.9 Å². The lowest BCUT2D eigenvalue weighted by Gasteiger charge is -2.30. The van der Waals surface area contributed by atoms with Crippen molar-refractivity contribution in [2.75, 3.05) is 13.3 Å². The molecule has 4 rings (SSSR count). The zero-order valence-electron chi connectivity index (χ0n) is 18.3. The minimum atomic E-state index is -0.315. The number of ether oxygens (including phenoxy) is 2. The molecule has 3 unspecified atom stereocenters. The van der Waals surface area contributed by atoms with Gasteiger partial charge in [0.25, 0.3) is 0 Å². The third-order valence-corrected chi connectivity index (χ3v) is 6.42. The molecule has 166 valence electrons. The van der Waals surface area contributed by atoms with E-state index in [1.807, 2.05) is 13.0 Å². The highest BCUT2D eigenvalue weighted by molar-refractivity contribution is 5.69. The van der Waals surface area contributed by atoms with Crippen LogP contribution in [0.15, 0.2) is 42.5 Å². The number of esters is 1. The Morgan fingerprint density at radius 2 is 1.97 bits per heavy atom. The van der Waals surface area contributed by atoms with Crippen LogP contribution in [0.5, 0.6) is 5.75 Å². The Morgan fingerprint density at radius 3 is 2.74 bits per heavy atom. The third kappa shape index (κ3) is 5.25. The molecular weight excluding hydrogens is 395 g/mol. The molecule has 1 aliphatic heterocycles. The number of carbonyl (C=O) groups is 1. The van der Waals surface area contributed by atoms with Gasteiger partial charge in [0, 0.05) is 12.5 Å². The fourth-order valence-electron chi connectivity index (χ4n) is 4.54. The van der Waals surface area contributed by atoms with Gasteiger partial charge in [-0.3, -0.25) is 4.79 Å². The van der Waals surface area contributed by atoms with Gasteiger partial charge >= 0.3 is 5.97 Å². The predicted octanol–water partition coefficient (Wildman–Crippen LogP) is 4.88. The van der Waals surface area contributed by atoms with E-state index >= 15 is 0 Å². The van der Waals surface area contributed by atoms with Crippen molar-refractivity contribution in [1.29, 1.82) is 0 Å². The molecule has 3 atom stereocenters. The number of benzene rings is 2. The number of nitrogens with zero attached hydrogens (tertiary/aromatic N) is 1. The Kier molecular flexibility index (Phi) is 6.88. The standard InChI is InChI=1S/C25H31FN2O3/c1-3-30-25(29)13-6-18-4-7-19(8-5-18)21-9-11-22(14-21)27-28-16-31-24-15-20(17(28)2)10-12-23(24)26/h4-5,7-8,10,12,15,17,21-22,27H,3,6,9,11,13-14,16H2,1-2H3. The van der Waals surface area contributed by atoms with Gasteiger partial charge in [-0.15, -0.1) is 0 Å². The van der Waals surface area contributed by atoms with Crippen LogP contribution in [0.2, 0.25) is 0 Å². The molecule has 1 heterocycles. The number of carbonyl (C=O) groups excluding carboxylic acids is 1. The molecule has 0 saturated heterocycles. The van der Waals surface area contributed by atoms with E-state index < -0.39 is 0 Å². The third-order valence-electron chi connectivity index (χ3n) is 6.42. The molecule has 1 fully saturated rings. The van der Waals surface area contributed by atoms with E-state index in [1.54, 1.807) is 6.07 Å². The van der Waals surface area contributed by atoms with E-state index in [2.05, 4.69) is 41.6 Å². The first-order valence-electron chi connectivity index (χ1n) is 11.2. The second-order valence-electron chi connectivity index (χ2n) is 8.49. The van der Waals surface area contributed by atoms with Crippen molar-refractivity contribution in [2.24, 2.45) is 0 Å². The summed E-state index contributed by atoms with van der Waals surface area (Å²) in [4.78, 5) is 11.5. The Hall–Kier alpha value is -2.44. The van der Waals surface area contributed by atoms with Crippen molar-refractivity contribution in [3.63, 3.8) is 0 Å². The number of hydrogen-bond acceptors (Lipinski definition) is 5. The predicted molar refractivity (Wildman–Crippen MR) is 117 cm³/mol. The molecule has 5 nitrogen and oxygen atoms in total. The molecule has 6 heteroatoms. The Balaban J connectivity index is 1.30. The van der Waals surface area contributed by atoms with Gasteiger partial charge in [-0.25, -0.2) is 14.8 Å². The maximum atomic E-state index is 13.8. The highest BCUT2D eigenvalue weighted by atomic mass is 19.1. The maximum absolute atomic E-state index is 13.8. The summed E-state index contributed by atoms with van der Waals surface area (Å²) in [6.45, 7) is 4.69. The second-order valence-corrected chi connectivity index (χ2v) is 8.49. The zero-order chi connectivity index (χ0) is 21.8. The van der Waals surface area contributed by atoms with E-state index in [4.69, 9.17) is 9.47 Å². The van der Waals surface area contributed by atoms with Crippen LogP contribution in [0.4, 0.5) is 4.39 Å². The smallest absolute Gasteiger partial charge is 0.306 e. The fourth-order valence-corrected chi connectivity index (χ4v) is 4.54. The largest absolute Gasteiger partial charge is 0.474 e. The lowest BCUT2D eigenvalue weighted by molar-refractivity contribution is -0.143. The number of hydrazine groups is 1. The Labute approximate surface area is 183 Å². The highest BCUT2D eigenvalue weighted by Crippen LogP contribution is 2.36. The fraction of sp³-hybridized carbons (Fsp3) is 0.480. The zero-order valence-corrected chi connectivity index (χ0v) is 18.3. The quantitative estimate of drug-likeness (QED) is 0.640. The Morgan fingerprint density at radius 1 is 1.19 bits per heavy atom. The molecule has 2 aromatic carbocycles. The van der Waals surface area contributed by atoms with E-state index in [0.717, 1.165) is 30.4 Å². The normalized spacial score (nSPS) is 23.3.